The van der Waals surface area contributed by atoms with E-state index >= 15 is 0 Å². The first-order valence-corrected chi connectivity index (χ1v) is 6.35. The summed E-state index contributed by atoms with van der Waals surface area (Å²) in [4.78, 5) is 20.4. The van der Waals surface area contributed by atoms with E-state index in [1.54, 1.807) is 29.4 Å². The summed E-state index contributed by atoms with van der Waals surface area (Å²) in [6.07, 6.45) is 8.69. The largest absolute Gasteiger partial charge is 0.295 e. The Bertz CT molecular complexity index is 807. The van der Waals surface area contributed by atoms with E-state index in [1.807, 2.05) is 42.5 Å². The lowest BCUT2D eigenvalue weighted by Crippen LogP contribution is -2.19. The van der Waals surface area contributed by atoms with Gasteiger partial charge in [-0.05, 0) is 11.6 Å². The predicted octanol–water partition coefficient (Wildman–Crippen LogP) is 2.50. The quantitative estimate of drug-likeness (QED) is 0.729. The van der Waals surface area contributed by atoms with Crippen LogP contribution < -0.4 is 5.56 Å². The molecule has 3 aromatic rings. The molecule has 2 aromatic heterocycles. The Morgan fingerprint density at radius 3 is 2.85 bits per heavy atom. The first-order valence-electron chi connectivity index (χ1n) is 6.35. The molecule has 0 spiro atoms. The maximum atomic E-state index is 12.2. The Morgan fingerprint density at radius 2 is 2.00 bits per heavy atom. The SMILES string of the molecule is O=c1c2cnccc2ncn1CC=Cc1ccccc1. The summed E-state index contributed by atoms with van der Waals surface area (Å²) in [6.45, 7) is 0.492. The Morgan fingerprint density at radius 1 is 1.15 bits per heavy atom. The first kappa shape index (κ1) is 12.3. The van der Waals surface area contributed by atoms with E-state index in [1.165, 1.54) is 0 Å². The number of fused-ring (bicyclic) bond motifs is 1. The molecule has 4 heteroatoms. The van der Waals surface area contributed by atoms with Crippen molar-refractivity contribution in [1.82, 2.24) is 14.5 Å². The Labute approximate surface area is 116 Å². The van der Waals surface area contributed by atoms with E-state index in [0.717, 1.165) is 5.56 Å². The lowest BCUT2D eigenvalue weighted by atomic mass is 10.2. The lowest BCUT2D eigenvalue weighted by molar-refractivity contribution is 0.768. The van der Waals surface area contributed by atoms with E-state index in [-0.39, 0.29) is 5.56 Å². The number of hydrogen-bond acceptors (Lipinski definition) is 3. The molecular formula is C16H13N3O. The molecule has 0 saturated carbocycles. The maximum Gasteiger partial charge on any atom is 0.263 e. The monoisotopic (exact) mass is 263 g/mol. The van der Waals surface area contributed by atoms with E-state index in [9.17, 15) is 4.79 Å². The molecule has 0 N–H and O–H groups in total. The fraction of sp³-hybridized carbons (Fsp3) is 0.0625. The molecule has 0 radical (unpaired) electrons. The van der Waals surface area contributed by atoms with Crippen molar-refractivity contribution in [2.45, 2.75) is 6.54 Å². The van der Waals surface area contributed by atoms with Gasteiger partial charge in [0.2, 0.25) is 0 Å². The number of aromatic nitrogens is 3. The molecular weight excluding hydrogens is 250 g/mol. The van der Waals surface area contributed by atoms with Gasteiger partial charge in [-0.2, -0.15) is 0 Å². The van der Waals surface area contributed by atoms with Crippen LogP contribution in [0.5, 0.6) is 0 Å². The minimum Gasteiger partial charge on any atom is -0.295 e. The van der Waals surface area contributed by atoms with E-state index in [4.69, 9.17) is 0 Å². The van der Waals surface area contributed by atoms with Crippen molar-refractivity contribution in [3.63, 3.8) is 0 Å². The zero-order chi connectivity index (χ0) is 13.8. The Hall–Kier alpha value is -2.75. The molecule has 3 rings (SSSR count). The highest BCUT2D eigenvalue weighted by molar-refractivity contribution is 5.75. The summed E-state index contributed by atoms with van der Waals surface area (Å²) in [6, 6.07) is 11.7. The molecule has 98 valence electrons. The van der Waals surface area contributed by atoms with Crippen LogP contribution in [-0.2, 0) is 6.54 Å². The van der Waals surface area contributed by atoms with Gasteiger partial charge < -0.3 is 0 Å². The molecule has 0 saturated heterocycles. The van der Waals surface area contributed by atoms with Crippen LogP contribution in [0.25, 0.3) is 17.0 Å². The van der Waals surface area contributed by atoms with Crippen molar-refractivity contribution in [1.29, 1.82) is 0 Å². The zero-order valence-electron chi connectivity index (χ0n) is 10.8. The van der Waals surface area contributed by atoms with Crippen LogP contribution in [0.15, 0.2) is 66.0 Å². The second kappa shape index (κ2) is 5.48. The van der Waals surface area contributed by atoms with Crippen molar-refractivity contribution in [2.24, 2.45) is 0 Å². The normalized spacial score (nSPS) is 11.2. The maximum absolute atomic E-state index is 12.2. The van der Waals surface area contributed by atoms with E-state index < -0.39 is 0 Å². The molecule has 0 unspecified atom stereocenters. The molecule has 0 aliphatic rings. The van der Waals surface area contributed by atoms with Gasteiger partial charge in [-0.15, -0.1) is 0 Å². The smallest absolute Gasteiger partial charge is 0.263 e. The van der Waals surface area contributed by atoms with Crippen molar-refractivity contribution in [2.75, 3.05) is 0 Å². The molecule has 4 nitrogen and oxygen atoms in total. The third-order valence-electron chi connectivity index (χ3n) is 3.04. The second-order valence-corrected chi connectivity index (χ2v) is 4.41. The minimum atomic E-state index is -0.0687. The summed E-state index contributed by atoms with van der Waals surface area (Å²) in [5.41, 5.74) is 1.71. The summed E-state index contributed by atoms with van der Waals surface area (Å²) in [5.74, 6) is 0. The zero-order valence-corrected chi connectivity index (χ0v) is 10.8. The van der Waals surface area contributed by atoms with Gasteiger partial charge in [0.15, 0.2) is 0 Å². The molecule has 0 amide bonds. The topological polar surface area (TPSA) is 47.8 Å². The Balaban J connectivity index is 1.87. The fourth-order valence-corrected chi connectivity index (χ4v) is 2.00. The number of hydrogen-bond donors (Lipinski definition) is 0. The summed E-state index contributed by atoms with van der Waals surface area (Å²) in [7, 11) is 0. The van der Waals surface area contributed by atoms with Gasteiger partial charge in [-0.3, -0.25) is 14.3 Å². The molecule has 20 heavy (non-hydrogen) atoms. The van der Waals surface area contributed by atoms with Gasteiger partial charge in [0.25, 0.3) is 5.56 Å². The van der Waals surface area contributed by atoms with Crippen molar-refractivity contribution < 1.29 is 0 Å². The van der Waals surface area contributed by atoms with Crippen molar-refractivity contribution >= 4 is 17.0 Å². The van der Waals surface area contributed by atoms with Crippen LogP contribution in [0.2, 0.25) is 0 Å². The van der Waals surface area contributed by atoms with Gasteiger partial charge in [0.05, 0.1) is 17.2 Å². The number of allylic oxidation sites excluding steroid dienone is 1. The van der Waals surface area contributed by atoms with Gasteiger partial charge in [-0.25, -0.2) is 4.98 Å². The molecule has 2 heterocycles. The highest BCUT2D eigenvalue weighted by Gasteiger charge is 2.01. The number of pyridine rings is 1. The first-order chi connectivity index (χ1) is 9.84. The molecule has 0 fully saturated rings. The number of benzene rings is 1. The third-order valence-corrected chi connectivity index (χ3v) is 3.04. The van der Waals surface area contributed by atoms with Gasteiger partial charge in [0, 0.05) is 18.9 Å². The Kier molecular flexibility index (Phi) is 3.37. The van der Waals surface area contributed by atoms with E-state index in [0.29, 0.717) is 17.4 Å². The summed E-state index contributed by atoms with van der Waals surface area (Å²) in [5, 5.41) is 0.545. The van der Waals surface area contributed by atoms with Crippen molar-refractivity contribution in [3.05, 3.63) is 77.1 Å². The highest BCUT2D eigenvalue weighted by Crippen LogP contribution is 2.04. The van der Waals surface area contributed by atoms with E-state index in [2.05, 4.69) is 9.97 Å². The predicted molar refractivity (Wildman–Crippen MR) is 79.3 cm³/mol. The minimum absolute atomic E-state index is 0.0687. The van der Waals surface area contributed by atoms with Crippen LogP contribution in [0.1, 0.15) is 5.56 Å². The van der Waals surface area contributed by atoms with Crippen LogP contribution in [0.4, 0.5) is 0 Å². The van der Waals surface area contributed by atoms with Crippen LogP contribution in [0.3, 0.4) is 0 Å². The molecule has 0 bridgehead atoms. The molecule has 0 aliphatic heterocycles. The lowest BCUT2D eigenvalue weighted by Gasteiger charge is -2.02. The van der Waals surface area contributed by atoms with Crippen LogP contribution in [-0.4, -0.2) is 14.5 Å². The van der Waals surface area contributed by atoms with Gasteiger partial charge in [-0.1, -0.05) is 42.5 Å². The number of nitrogens with zero attached hydrogens (tertiary/aromatic N) is 3. The molecule has 0 atom stereocenters. The van der Waals surface area contributed by atoms with Crippen LogP contribution in [0, 0.1) is 0 Å². The summed E-state index contributed by atoms with van der Waals surface area (Å²) >= 11 is 0. The average Bonchev–Trinajstić information content (AvgIpc) is 2.51. The molecule has 1 aromatic carbocycles. The summed E-state index contributed by atoms with van der Waals surface area (Å²) < 4.78 is 1.57. The van der Waals surface area contributed by atoms with Gasteiger partial charge >= 0.3 is 0 Å². The third kappa shape index (κ3) is 2.49. The number of rotatable bonds is 3. The fourth-order valence-electron chi connectivity index (χ4n) is 2.00. The van der Waals surface area contributed by atoms with Crippen molar-refractivity contribution in [3.8, 4) is 0 Å². The van der Waals surface area contributed by atoms with Crippen LogP contribution >= 0.6 is 0 Å². The average molecular weight is 263 g/mol. The molecule has 0 aliphatic carbocycles. The highest BCUT2D eigenvalue weighted by atomic mass is 16.1. The van der Waals surface area contributed by atoms with Gasteiger partial charge in [0.1, 0.15) is 0 Å². The standard InChI is InChI=1S/C16H13N3O/c20-16-14-11-17-9-8-15(14)18-12-19(16)10-4-7-13-5-2-1-3-6-13/h1-9,11-12H,10H2. The second-order valence-electron chi connectivity index (χ2n) is 4.41.